The van der Waals surface area contributed by atoms with E-state index in [0.717, 1.165) is 43.3 Å². The van der Waals surface area contributed by atoms with Gasteiger partial charge in [-0.15, -0.1) is 24.0 Å². The van der Waals surface area contributed by atoms with Gasteiger partial charge in [-0.1, -0.05) is 48.5 Å². The van der Waals surface area contributed by atoms with Crippen LogP contribution in [0.4, 0.5) is 0 Å². The lowest BCUT2D eigenvalue weighted by Crippen LogP contribution is -2.49. The number of hydrogen-bond acceptors (Lipinski definition) is 3. The van der Waals surface area contributed by atoms with Gasteiger partial charge in [0.15, 0.2) is 5.96 Å². The Morgan fingerprint density at radius 1 is 1.10 bits per heavy atom. The SMILES string of the molecule is CCNC(=NCCS(=O)c1ccccc1)NC1CCN(C(C)c2ccccc2)CC1.I. The van der Waals surface area contributed by atoms with Crippen LogP contribution in [0.2, 0.25) is 0 Å². The van der Waals surface area contributed by atoms with Crippen molar-refractivity contribution in [2.75, 3.05) is 31.9 Å². The predicted octanol–water partition coefficient (Wildman–Crippen LogP) is 4.19. The van der Waals surface area contributed by atoms with Gasteiger partial charge in [0.05, 0.1) is 17.3 Å². The van der Waals surface area contributed by atoms with Gasteiger partial charge in [0.25, 0.3) is 0 Å². The lowest BCUT2D eigenvalue weighted by atomic mass is 10.0. The van der Waals surface area contributed by atoms with Crippen LogP contribution in [0.25, 0.3) is 0 Å². The third kappa shape index (κ3) is 8.20. The largest absolute Gasteiger partial charge is 0.357 e. The summed E-state index contributed by atoms with van der Waals surface area (Å²) >= 11 is 0. The van der Waals surface area contributed by atoms with E-state index in [1.165, 1.54) is 5.56 Å². The fraction of sp³-hybridized carbons (Fsp3) is 0.458. The first kappa shape index (κ1) is 25.8. The molecule has 1 aliphatic heterocycles. The van der Waals surface area contributed by atoms with Gasteiger partial charge in [0.1, 0.15) is 0 Å². The highest BCUT2D eigenvalue weighted by atomic mass is 127. The number of halogens is 1. The highest BCUT2D eigenvalue weighted by Crippen LogP contribution is 2.23. The number of piperidine rings is 1. The van der Waals surface area contributed by atoms with E-state index in [4.69, 9.17) is 0 Å². The number of rotatable bonds is 8. The Balaban J connectivity index is 0.00000341. The molecule has 3 rings (SSSR count). The van der Waals surface area contributed by atoms with Crippen molar-refractivity contribution in [3.63, 3.8) is 0 Å². The van der Waals surface area contributed by atoms with E-state index in [9.17, 15) is 4.21 Å². The third-order valence-electron chi connectivity index (χ3n) is 5.60. The molecule has 2 unspecified atom stereocenters. The van der Waals surface area contributed by atoms with Crippen molar-refractivity contribution in [3.8, 4) is 0 Å². The number of hydrogen-bond donors (Lipinski definition) is 2. The second kappa shape index (κ2) is 13.9. The summed E-state index contributed by atoms with van der Waals surface area (Å²) in [4.78, 5) is 8.08. The van der Waals surface area contributed by atoms with Crippen LogP contribution >= 0.6 is 24.0 Å². The summed E-state index contributed by atoms with van der Waals surface area (Å²) in [6, 6.07) is 21.2. The van der Waals surface area contributed by atoms with Crippen LogP contribution in [0.3, 0.4) is 0 Å². The fourth-order valence-electron chi connectivity index (χ4n) is 3.82. The van der Waals surface area contributed by atoms with Gasteiger partial charge in [0.2, 0.25) is 0 Å². The Bertz CT molecular complexity index is 811. The molecule has 2 atom stereocenters. The minimum absolute atomic E-state index is 0. The quantitative estimate of drug-likeness (QED) is 0.292. The first-order chi connectivity index (χ1) is 14.7. The van der Waals surface area contributed by atoms with E-state index >= 15 is 0 Å². The van der Waals surface area contributed by atoms with Crippen LogP contribution in [0.1, 0.15) is 38.3 Å². The highest BCUT2D eigenvalue weighted by molar-refractivity contribution is 14.0. The molecule has 2 aromatic rings. The average molecular weight is 555 g/mol. The van der Waals surface area contributed by atoms with Gasteiger partial charge in [-0.05, 0) is 44.4 Å². The second-order valence-corrected chi connectivity index (χ2v) is 9.24. The Morgan fingerprint density at radius 3 is 2.32 bits per heavy atom. The van der Waals surface area contributed by atoms with Crippen LogP contribution in [0.5, 0.6) is 0 Å². The maximum Gasteiger partial charge on any atom is 0.191 e. The molecule has 0 spiro atoms. The smallest absolute Gasteiger partial charge is 0.191 e. The number of nitrogens with one attached hydrogen (secondary N) is 2. The number of guanidine groups is 1. The van der Waals surface area contributed by atoms with E-state index in [2.05, 4.69) is 64.7 Å². The zero-order valence-corrected chi connectivity index (χ0v) is 21.6. The van der Waals surface area contributed by atoms with Crippen LogP contribution in [0.15, 0.2) is 70.6 Å². The summed E-state index contributed by atoms with van der Waals surface area (Å²) in [5.74, 6) is 1.37. The molecule has 0 aliphatic carbocycles. The Labute approximate surface area is 206 Å². The molecule has 1 saturated heterocycles. The van der Waals surface area contributed by atoms with Crippen LogP contribution in [-0.4, -0.2) is 53.0 Å². The number of benzene rings is 2. The van der Waals surface area contributed by atoms with E-state index in [0.29, 0.717) is 24.4 Å². The summed E-state index contributed by atoms with van der Waals surface area (Å²) < 4.78 is 12.4. The molecule has 7 heteroatoms. The first-order valence-corrected chi connectivity index (χ1v) is 12.3. The summed E-state index contributed by atoms with van der Waals surface area (Å²) in [7, 11) is -1.01. The van der Waals surface area contributed by atoms with Crippen molar-refractivity contribution in [2.45, 2.75) is 43.7 Å². The van der Waals surface area contributed by atoms with Gasteiger partial charge < -0.3 is 10.6 Å². The molecule has 0 bridgehead atoms. The van der Waals surface area contributed by atoms with Gasteiger partial charge in [0, 0.05) is 42.4 Å². The predicted molar refractivity (Wildman–Crippen MR) is 142 cm³/mol. The molecule has 0 saturated carbocycles. The van der Waals surface area contributed by atoms with E-state index in [1.54, 1.807) is 0 Å². The van der Waals surface area contributed by atoms with Crippen LogP contribution in [-0.2, 0) is 10.8 Å². The summed E-state index contributed by atoms with van der Waals surface area (Å²) in [5.41, 5.74) is 1.38. The lowest BCUT2D eigenvalue weighted by Gasteiger charge is -2.37. The topological polar surface area (TPSA) is 56.7 Å². The number of aliphatic imine (C=N–C) groups is 1. The van der Waals surface area contributed by atoms with Gasteiger partial charge in [-0.3, -0.25) is 14.1 Å². The molecule has 0 amide bonds. The van der Waals surface area contributed by atoms with Crippen molar-refractivity contribution < 1.29 is 4.21 Å². The monoisotopic (exact) mass is 554 g/mol. The summed E-state index contributed by atoms with van der Waals surface area (Å²) in [6.07, 6.45) is 2.19. The maximum atomic E-state index is 12.4. The zero-order chi connectivity index (χ0) is 21.2. The van der Waals surface area contributed by atoms with Crippen molar-refractivity contribution in [2.24, 2.45) is 4.99 Å². The molecular weight excluding hydrogens is 519 g/mol. The van der Waals surface area contributed by atoms with Gasteiger partial charge >= 0.3 is 0 Å². The molecular formula is C24H35IN4OS. The van der Waals surface area contributed by atoms with Crippen molar-refractivity contribution >= 4 is 40.7 Å². The maximum absolute atomic E-state index is 12.4. The van der Waals surface area contributed by atoms with Crippen molar-refractivity contribution in [1.82, 2.24) is 15.5 Å². The minimum atomic E-state index is -1.01. The lowest BCUT2D eigenvalue weighted by molar-refractivity contribution is 0.158. The molecule has 5 nitrogen and oxygen atoms in total. The molecule has 0 aromatic heterocycles. The van der Waals surface area contributed by atoms with Crippen molar-refractivity contribution in [1.29, 1.82) is 0 Å². The molecule has 0 radical (unpaired) electrons. The Morgan fingerprint density at radius 2 is 1.71 bits per heavy atom. The molecule has 2 aromatic carbocycles. The number of nitrogens with zero attached hydrogens (tertiary/aromatic N) is 2. The van der Waals surface area contributed by atoms with E-state index < -0.39 is 10.8 Å². The molecule has 1 aliphatic rings. The second-order valence-electron chi connectivity index (χ2n) is 7.66. The standard InChI is InChI=1S/C24H34N4OS.HI/c1-3-25-24(26-16-19-30(29)23-12-8-5-9-13-23)27-22-14-17-28(18-15-22)20(2)21-10-6-4-7-11-21;/h4-13,20,22H,3,14-19H2,1-2H3,(H2,25,26,27);1H. The minimum Gasteiger partial charge on any atom is -0.357 e. The molecule has 2 N–H and O–H groups in total. The highest BCUT2D eigenvalue weighted by Gasteiger charge is 2.24. The molecule has 170 valence electrons. The van der Waals surface area contributed by atoms with E-state index in [-0.39, 0.29) is 24.0 Å². The summed E-state index contributed by atoms with van der Waals surface area (Å²) in [5, 5.41) is 6.91. The van der Waals surface area contributed by atoms with E-state index in [1.807, 2.05) is 30.3 Å². The van der Waals surface area contributed by atoms with Crippen molar-refractivity contribution in [3.05, 3.63) is 66.2 Å². The zero-order valence-electron chi connectivity index (χ0n) is 18.5. The first-order valence-electron chi connectivity index (χ1n) is 10.9. The fourth-order valence-corrected chi connectivity index (χ4v) is 4.77. The van der Waals surface area contributed by atoms with Gasteiger partial charge in [-0.25, -0.2) is 0 Å². The molecule has 1 fully saturated rings. The molecule has 1 heterocycles. The average Bonchev–Trinajstić information content (AvgIpc) is 2.80. The van der Waals surface area contributed by atoms with Gasteiger partial charge in [-0.2, -0.15) is 0 Å². The molecule has 31 heavy (non-hydrogen) atoms. The summed E-state index contributed by atoms with van der Waals surface area (Å²) in [6.45, 7) is 7.87. The number of likely N-dealkylation sites (tertiary alicyclic amines) is 1. The third-order valence-corrected chi connectivity index (χ3v) is 6.95. The van der Waals surface area contributed by atoms with Crippen LogP contribution < -0.4 is 10.6 Å². The van der Waals surface area contributed by atoms with Crippen LogP contribution in [0, 0.1) is 0 Å². The normalized spacial score (nSPS) is 17.4. The Hall–Kier alpha value is -1.45. The Kier molecular flexibility index (Phi) is 11.5.